The highest BCUT2D eigenvalue weighted by molar-refractivity contribution is 6.30. The van der Waals surface area contributed by atoms with E-state index in [0.29, 0.717) is 16.7 Å². The molecule has 0 spiro atoms. The number of hydrogen-bond donors (Lipinski definition) is 5. The summed E-state index contributed by atoms with van der Waals surface area (Å²) in [4.78, 5) is 8.00. The van der Waals surface area contributed by atoms with Gasteiger partial charge in [-0.2, -0.15) is 9.97 Å². The Balaban J connectivity index is 2.34. The lowest BCUT2D eigenvalue weighted by Gasteiger charge is -2.09. The first-order valence-electron chi connectivity index (χ1n) is 5.17. The Morgan fingerprint density at radius 3 is 2.26 bits per heavy atom. The van der Waals surface area contributed by atoms with Crippen LogP contribution in [0, 0.1) is 5.82 Å². The quantitative estimate of drug-likeness (QED) is 0.427. The smallest absolute Gasteiger partial charge is 0.231 e. The summed E-state index contributed by atoms with van der Waals surface area (Å²) in [5, 5.41) is 3.07. The molecular weight excluding hydrogens is 273 g/mol. The number of halogens is 2. The molecular formula is C10H11ClFN7. The van der Waals surface area contributed by atoms with Crippen molar-refractivity contribution in [1.82, 2.24) is 9.97 Å². The Morgan fingerprint density at radius 2 is 1.68 bits per heavy atom. The summed E-state index contributed by atoms with van der Waals surface area (Å²) in [6, 6.07) is 5.57. The molecule has 1 aromatic carbocycles. The van der Waals surface area contributed by atoms with Crippen molar-refractivity contribution in [3.05, 3.63) is 35.1 Å². The van der Waals surface area contributed by atoms with Gasteiger partial charge in [-0.15, -0.1) is 0 Å². The zero-order chi connectivity index (χ0) is 13.8. The normalized spacial score (nSPS) is 10.1. The molecule has 19 heavy (non-hydrogen) atoms. The highest BCUT2D eigenvalue weighted by Gasteiger charge is 2.07. The summed E-state index contributed by atoms with van der Waals surface area (Å²) in [6.45, 7) is 0. The van der Waals surface area contributed by atoms with Gasteiger partial charge in [0.1, 0.15) is 17.5 Å². The number of nitrogens with zero attached hydrogens (tertiary/aromatic N) is 2. The maximum absolute atomic E-state index is 13.6. The number of rotatable bonds is 4. The molecule has 7 N–H and O–H groups in total. The summed E-state index contributed by atoms with van der Waals surface area (Å²) < 4.78 is 13.6. The van der Waals surface area contributed by atoms with Gasteiger partial charge < -0.3 is 16.2 Å². The second-order valence-electron chi connectivity index (χ2n) is 3.50. The summed E-state index contributed by atoms with van der Waals surface area (Å²) in [5.41, 5.74) is 4.84. The number of nitrogen functional groups attached to an aromatic ring is 2. The zero-order valence-corrected chi connectivity index (χ0v) is 10.4. The molecule has 2 aromatic rings. The molecule has 2 rings (SSSR count). The third-order valence-corrected chi connectivity index (χ3v) is 2.43. The van der Waals surface area contributed by atoms with Crippen molar-refractivity contribution < 1.29 is 4.39 Å². The minimum atomic E-state index is -0.485. The van der Waals surface area contributed by atoms with E-state index in [1.165, 1.54) is 24.3 Å². The van der Waals surface area contributed by atoms with Crippen LogP contribution in [0.5, 0.6) is 0 Å². The van der Waals surface area contributed by atoms with Crippen molar-refractivity contribution in [2.24, 2.45) is 11.7 Å². The fraction of sp³-hybridized carbons (Fsp3) is 0. The summed E-state index contributed by atoms with van der Waals surface area (Å²) in [7, 11) is 0. The second kappa shape index (κ2) is 5.65. The van der Waals surface area contributed by atoms with Crippen LogP contribution in [0.15, 0.2) is 24.3 Å². The van der Waals surface area contributed by atoms with E-state index < -0.39 is 5.82 Å². The van der Waals surface area contributed by atoms with Crippen LogP contribution in [-0.4, -0.2) is 9.97 Å². The molecule has 0 aliphatic rings. The first-order valence-corrected chi connectivity index (χ1v) is 5.54. The van der Waals surface area contributed by atoms with Crippen LogP contribution in [0.2, 0.25) is 5.02 Å². The van der Waals surface area contributed by atoms with Gasteiger partial charge in [-0.3, -0.25) is 0 Å². The van der Waals surface area contributed by atoms with Crippen molar-refractivity contribution >= 4 is 34.9 Å². The lowest BCUT2D eigenvalue weighted by Crippen LogP contribution is -2.14. The van der Waals surface area contributed by atoms with E-state index in [4.69, 9.17) is 23.3 Å². The van der Waals surface area contributed by atoms with Gasteiger partial charge in [0.15, 0.2) is 0 Å². The van der Waals surface area contributed by atoms with Gasteiger partial charge in [0.2, 0.25) is 5.95 Å². The van der Waals surface area contributed by atoms with Crippen LogP contribution in [0.4, 0.5) is 27.7 Å². The highest BCUT2D eigenvalue weighted by Crippen LogP contribution is 2.23. The van der Waals surface area contributed by atoms with Crippen LogP contribution in [0.25, 0.3) is 0 Å². The summed E-state index contributed by atoms with van der Waals surface area (Å²) >= 11 is 5.79. The number of anilines is 4. The average molecular weight is 284 g/mol. The van der Waals surface area contributed by atoms with Crippen molar-refractivity contribution in [2.45, 2.75) is 0 Å². The third-order valence-electron chi connectivity index (χ3n) is 2.20. The molecule has 9 heteroatoms. The van der Waals surface area contributed by atoms with Crippen molar-refractivity contribution in [3.63, 3.8) is 0 Å². The Labute approximate surface area is 113 Å². The Hall–Kier alpha value is -2.16. The van der Waals surface area contributed by atoms with E-state index in [1.54, 1.807) is 0 Å². The van der Waals surface area contributed by atoms with Gasteiger partial charge in [0, 0.05) is 11.1 Å². The predicted octanol–water partition coefficient (Wildman–Crippen LogP) is 1.58. The second-order valence-corrected chi connectivity index (χ2v) is 3.94. The lowest BCUT2D eigenvalue weighted by atomic mass is 10.3. The number of hydrazine groups is 2. The largest absolute Gasteiger partial charge is 0.321 e. The molecule has 0 aliphatic carbocycles. The van der Waals surface area contributed by atoms with Crippen molar-refractivity contribution in [3.8, 4) is 0 Å². The van der Waals surface area contributed by atoms with Crippen LogP contribution in [0.3, 0.4) is 0 Å². The van der Waals surface area contributed by atoms with Crippen LogP contribution < -0.4 is 27.9 Å². The van der Waals surface area contributed by atoms with Gasteiger partial charge in [0.25, 0.3) is 0 Å². The molecule has 1 aromatic heterocycles. The van der Waals surface area contributed by atoms with Gasteiger partial charge in [-0.05, 0) is 18.2 Å². The number of nitrogens with two attached hydrogens (primary N) is 2. The summed E-state index contributed by atoms with van der Waals surface area (Å²) in [5.74, 6) is 10.8. The van der Waals surface area contributed by atoms with E-state index in [0.717, 1.165) is 0 Å². The minimum Gasteiger partial charge on any atom is -0.321 e. The Bertz CT molecular complexity index is 570. The predicted molar refractivity (Wildman–Crippen MR) is 72.3 cm³/mol. The monoisotopic (exact) mass is 283 g/mol. The third kappa shape index (κ3) is 3.19. The molecule has 1 heterocycles. The Morgan fingerprint density at radius 1 is 1.05 bits per heavy atom. The van der Waals surface area contributed by atoms with Gasteiger partial charge >= 0.3 is 0 Å². The van der Waals surface area contributed by atoms with Crippen LogP contribution >= 0.6 is 11.6 Å². The molecule has 100 valence electrons. The molecule has 0 aliphatic heterocycles. The molecule has 0 saturated carbocycles. The van der Waals surface area contributed by atoms with Crippen molar-refractivity contribution in [2.75, 3.05) is 16.2 Å². The molecule has 0 atom stereocenters. The maximum atomic E-state index is 13.6. The molecule has 0 amide bonds. The molecule has 0 fully saturated rings. The van der Waals surface area contributed by atoms with Gasteiger partial charge in [-0.25, -0.2) is 16.1 Å². The first-order chi connectivity index (χ1) is 9.12. The Kier molecular flexibility index (Phi) is 3.95. The molecule has 0 unspecified atom stereocenters. The SMILES string of the molecule is NNc1cc(NN)nc(Nc2cc(Cl)ccc2F)n1. The number of aromatic nitrogens is 2. The van der Waals surface area contributed by atoms with Gasteiger partial charge in [0.05, 0.1) is 5.69 Å². The van der Waals surface area contributed by atoms with E-state index in [2.05, 4.69) is 26.1 Å². The van der Waals surface area contributed by atoms with Crippen LogP contribution in [0.1, 0.15) is 0 Å². The fourth-order valence-electron chi connectivity index (χ4n) is 1.36. The molecule has 0 bridgehead atoms. The van der Waals surface area contributed by atoms with E-state index in [9.17, 15) is 4.39 Å². The topological polar surface area (TPSA) is 114 Å². The average Bonchev–Trinajstić information content (AvgIpc) is 2.42. The standard InChI is InChI=1S/C10H11ClFN7/c11-5-1-2-6(12)7(3-5)15-10-16-8(18-13)4-9(17-10)19-14/h1-4H,13-14H2,(H3,15,16,17,18,19). The number of nitrogens with one attached hydrogen (secondary N) is 3. The van der Waals surface area contributed by atoms with E-state index in [1.807, 2.05) is 0 Å². The highest BCUT2D eigenvalue weighted by atomic mass is 35.5. The number of hydrogen-bond acceptors (Lipinski definition) is 7. The molecule has 0 radical (unpaired) electrons. The lowest BCUT2D eigenvalue weighted by molar-refractivity contribution is 0.631. The molecule has 0 saturated heterocycles. The minimum absolute atomic E-state index is 0.115. The molecule has 7 nitrogen and oxygen atoms in total. The van der Waals surface area contributed by atoms with Crippen LogP contribution in [-0.2, 0) is 0 Å². The maximum Gasteiger partial charge on any atom is 0.231 e. The number of benzene rings is 1. The fourth-order valence-corrected chi connectivity index (χ4v) is 1.54. The van der Waals surface area contributed by atoms with Crippen molar-refractivity contribution in [1.29, 1.82) is 0 Å². The van der Waals surface area contributed by atoms with Gasteiger partial charge in [-0.1, -0.05) is 11.6 Å². The first kappa shape index (κ1) is 13.3. The van der Waals surface area contributed by atoms with E-state index >= 15 is 0 Å². The summed E-state index contributed by atoms with van der Waals surface area (Å²) in [6.07, 6.45) is 0. The zero-order valence-electron chi connectivity index (χ0n) is 9.61. The van der Waals surface area contributed by atoms with E-state index in [-0.39, 0.29) is 11.6 Å².